The number of nitrogens with zero attached hydrogens (tertiary/aromatic N) is 3. The van der Waals surface area contributed by atoms with Gasteiger partial charge in [-0.1, -0.05) is 12.1 Å². The van der Waals surface area contributed by atoms with Crippen LogP contribution in [0.25, 0.3) is 5.69 Å². The third-order valence-electron chi connectivity index (χ3n) is 4.36. The molecular formula is C19H17N5O3. The molecule has 3 heterocycles. The minimum Gasteiger partial charge on any atom is -0.484 e. The van der Waals surface area contributed by atoms with E-state index in [1.54, 1.807) is 30.9 Å². The fourth-order valence-electron chi connectivity index (χ4n) is 3.13. The van der Waals surface area contributed by atoms with Crippen LogP contribution in [0.15, 0.2) is 55.1 Å². The SMILES string of the molecule is NC(=O)COc1ccc([C@@H]2CC(=O)Nc3c2ncn3-c2cccnc2)cc1. The number of nitrogens with one attached hydrogen (secondary N) is 1. The molecular weight excluding hydrogens is 346 g/mol. The van der Waals surface area contributed by atoms with E-state index in [0.29, 0.717) is 18.0 Å². The van der Waals surface area contributed by atoms with Crippen molar-refractivity contribution in [2.75, 3.05) is 11.9 Å². The predicted octanol–water partition coefficient (Wildman–Crippen LogP) is 1.61. The second-order valence-corrected chi connectivity index (χ2v) is 6.19. The molecule has 0 unspecified atom stereocenters. The van der Waals surface area contributed by atoms with E-state index in [4.69, 9.17) is 10.5 Å². The maximum Gasteiger partial charge on any atom is 0.255 e. The molecule has 8 nitrogen and oxygen atoms in total. The van der Waals surface area contributed by atoms with E-state index in [1.807, 2.05) is 28.8 Å². The number of amides is 2. The van der Waals surface area contributed by atoms with Gasteiger partial charge in [-0.2, -0.15) is 0 Å². The van der Waals surface area contributed by atoms with E-state index in [0.717, 1.165) is 16.9 Å². The molecule has 1 atom stereocenters. The third kappa shape index (κ3) is 3.37. The van der Waals surface area contributed by atoms with Crippen molar-refractivity contribution in [2.45, 2.75) is 12.3 Å². The number of imidazole rings is 1. The number of rotatable bonds is 5. The van der Waals surface area contributed by atoms with Crippen LogP contribution in [-0.4, -0.2) is 33.0 Å². The third-order valence-corrected chi connectivity index (χ3v) is 4.36. The number of nitrogens with two attached hydrogens (primary N) is 1. The van der Waals surface area contributed by atoms with Gasteiger partial charge in [0.05, 0.1) is 17.6 Å². The van der Waals surface area contributed by atoms with Gasteiger partial charge in [0.15, 0.2) is 6.61 Å². The molecule has 0 radical (unpaired) electrons. The van der Waals surface area contributed by atoms with Gasteiger partial charge in [-0.15, -0.1) is 0 Å². The molecule has 1 aliphatic heterocycles. The van der Waals surface area contributed by atoms with Crippen LogP contribution in [0.3, 0.4) is 0 Å². The lowest BCUT2D eigenvalue weighted by atomic mass is 9.90. The maximum atomic E-state index is 12.3. The Hall–Kier alpha value is -3.68. The van der Waals surface area contributed by atoms with E-state index < -0.39 is 5.91 Å². The van der Waals surface area contributed by atoms with E-state index in [9.17, 15) is 9.59 Å². The van der Waals surface area contributed by atoms with Crippen molar-refractivity contribution in [3.8, 4) is 11.4 Å². The number of anilines is 1. The Morgan fingerprint density at radius 2 is 2.11 bits per heavy atom. The highest BCUT2D eigenvalue weighted by atomic mass is 16.5. The van der Waals surface area contributed by atoms with E-state index >= 15 is 0 Å². The van der Waals surface area contributed by atoms with Gasteiger partial charge in [-0.25, -0.2) is 4.98 Å². The number of aromatic nitrogens is 3. The average Bonchev–Trinajstić information content (AvgIpc) is 3.10. The van der Waals surface area contributed by atoms with Crippen molar-refractivity contribution in [3.05, 3.63) is 66.4 Å². The predicted molar refractivity (Wildman–Crippen MR) is 97.6 cm³/mol. The van der Waals surface area contributed by atoms with Crippen molar-refractivity contribution in [1.82, 2.24) is 14.5 Å². The molecule has 3 aromatic rings. The highest BCUT2D eigenvalue weighted by Crippen LogP contribution is 2.37. The van der Waals surface area contributed by atoms with Crippen LogP contribution in [0.5, 0.6) is 5.75 Å². The lowest BCUT2D eigenvalue weighted by Gasteiger charge is -2.23. The first-order valence-electron chi connectivity index (χ1n) is 8.40. The van der Waals surface area contributed by atoms with Crippen LogP contribution in [0.4, 0.5) is 5.82 Å². The van der Waals surface area contributed by atoms with Gasteiger partial charge in [0.2, 0.25) is 5.91 Å². The lowest BCUT2D eigenvalue weighted by molar-refractivity contribution is -0.120. The molecule has 8 heteroatoms. The van der Waals surface area contributed by atoms with Gasteiger partial charge in [0.25, 0.3) is 5.91 Å². The fraction of sp³-hybridized carbons (Fsp3) is 0.158. The molecule has 0 saturated heterocycles. The van der Waals surface area contributed by atoms with E-state index in [1.165, 1.54) is 0 Å². The Bertz CT molecular complexity index is 982. The van der Waals surface area contributed by atoms with Crippen LogP contribution < -0.4 is 15.8 Å². The number of fused-ring (bicyclic) bond motifs is 1. The maximum absolute atomic E-state index is 12.3. The van der Waals surface area contributed by atoms with Crippen LogP contribution in [-0.2, 0) is 9.59 Å². The summed E-state index contributed by atoms with van der Waals surface area (Å²) in [7, 11) is 0. The second-order valence-electron chi connectivity index (χ2n) is 6.19. The zero-order valence-electron chi connectivity index (χ0n) is 14.3. The molecule has 0 bridgehead atoms. The zero-order valence-corrected chi connectivity index (χ0v) is 14.3. The molecule has 3 N–H and O–H groups in total. The first-order chi connectivity index (χ1) is 13.1. The van der Waals surface area contributed by atoms with Gasteiger partial charge >= 0.3 is 0 Å². The number of carbonyl (C=O) groups is 2. The second kappa shape index (κ2) is 6.91. The number of carbonyl (C=O) groups excluding carboxylic acids is 2. The van der Waals surface area contributed by atoms with Crippen LogP contribution >= 0.6 is 0 Å². The number of hydrogen-bond acceptors (Lipinski definition) is 5. The van der Waals surface area contributed by atoms with Crippen LogP contribution in [0.1, 0.15) is 23.6 Å². The Kier molecular flexibility index (Phi) is 4.29. The highest BCUT2D eigenvalue weighted by Gasteiger charge is 2.31. The van der Waals surface area contributed by atoms with Gasteiger partial charge in [-0.05, 0) is 29.8 Å². The van der Waals surface area contributed by atoms with Crippen LogP contribution in [0.2, 0.25) is 0 Å². The summed E-state index contributed by atoms with van der Waals surface area (Å²) in [6.07, 6.45) is 5.39. The Morgan fingerprint density at radius 3 is 2.81 bits per heavy atom. The number of hydrogen-bond donors (Lipinski definition) is 2. The molecule has 1 aromatic carbocycles. The summed E-state index contributed by atoms with van der Waals surface area (Å²) in [5, 5.41) is 2.91. The smallest absolute Gasteiger partial charge is 0.255 e. The summed E-state index contributed by atoms with van der Waals surface area (Å²) < 4.78 is 7.10. The zero-order chi connectivity index (χ0) is 18.8. The Balaban J connectivity index is 1.65. The van der Waals surface area contributed by atoms with Crippen molar-refractivity contribution >= 4 is 17.6 Å². The van der Waals surface area contributed by atoms with Crippen molar-refractivity contribution in [3.63, 3.8) is 0 Å². The standard InChI is InChI=1S/C19H17N5O3/c20-16(25)10-27-14-5-3-12(4-6-14)15-8-17(26)23-19-18(15)22-11-24(19)13-2-1-7-21-9-13/h1-7,9,11,15H,8,10H2,(H2,20,25)(H,23,26)/t15-/m0/s1. The van der Waals surface area contributed by atoms with Crippen LogP contribution in [0, 0.1) is 0 Å². The highest BCUT2D eigenvalue weighted by molar-refractivity contribution is 5.94. The molecule has 0 spiro atoms. The van der Waals surface area contributed by atoms with Crippen molar-refractivity contribution in [2.24, 2.45) is 5.73 Å². The molecule has 0 fully saturated rings. The molecule has 1 aliphatic rings. The quantitative estimate of drug-likeness (QED) is 0.715. The van der Waals surface area contributed by atoms with Crippen molar-refractivity contribution in [1.29, 1.82) is 0 Å². The summed E-state index contributed by atoms with van der Waals surface area (Å²) in [4.78, 5) is 31.8. The summed E-state index contributed by atoms with van der Waals surface area (Å²) in [6.45, 7) is -0.176. The molecule has 0 saturated carbocycles. The summed E-state index contributed by atoms with van der Waals surface area (Å²) in [5.41, 5.74) is 7.64. The molecule has 0 aliphatic carbocycles. The topological polar surface area (TPSA) is 112 Å². The molecule has 2 amide bonds. The largest absolute Gasteiger partial charge is 0.484 e. The van der Waals surface area contributed by atoms with Crippen molar-refractivity contribution < 1.29 is 14.3 Å². The molecule has 27 heavy (non-hydrogen) atoms. The van der Waals surface area contributed by atoms with Gasteiger partial charge < -0.3 is 15.8 Å². The summed E-state index contributed by atoms with van der Waals surface area (Å²) >= 11 is 0. The number of benzene rings is 1. The summed E-state index contributed by atoms with van der Waals surface area (Å²) in [6, 6.07) is 11.0. The summed E-state index contributed by atoms with van der Waals surface area (Å²) in [5.74, 6) is 0.412. The van der Waals surface area contributed by atoms with Gasteiger partial charge in [-0.3, -0.25) is 19.1 Å². The normalized spacial score (nSPS) is 15.7. The number of pyridine rings is 1. The lowest BCUT2D eigenvalue weighted by Crippen LogP contribution is -2.25. The average molecular weight is 363 g/mol. The minimum absolute atomic E-state index is 0.0767. The van der Waals surface area contributed by atoms with E-state index in [2.05, 4.69) is 15.3 Å². The number of ether oxygens (including phenoxy) is 1. The minimum atomic E-state index is -0.534. The molecule has 2 aromatic heterocycles. The first-order valence-corrected chi connectivity index (χ1v) is 8.40. The fourth-order valence-corrected chi connectivity index (χ4v) is 3.13. The first kappa shape index (κ1) is 16.8. The van der Waals surface area contributed by atoms with E-state index in [-0.39, 0.29) is 18.4 Å². The Labute approximate surface area is 155 Å². The Morgan fingerprint density at radius 1 is 1.30 bits per heavy atom. The van der Waals surface area contributed by atoms with Gasteiger partial charge in [0.1, 0.15) is 17.9 Å². The monoisotopic (exact) mass is 363 g/mol. The molecule has 136 valence electrons. The van der Waals surface area contributed by atoms with Gasteiger partial charge in [0, 0.05) is 18.5 Å². The molecule has 4 rings (SSSR count). The number of primary amides is 1.